The highest BCUT2D eigenvalue weighted by molar-refractivity contribution is 5.64. The fraction of sp³-hybridized carbons (Fsp3) is 0.417. The van der Waals surface area contributed by atoms with Crippen molar-refractivity contribution in [3.63, 3.8) is 0 Å². The number of amides is 1. The molecule has 0 aliphatic carbocycles. The molecule has 3 N–H and O–H groups in total. The van der Waals surface area contributed by atoms with Crippen LogP contribution in [0, 0.1) is 0 Å². The number of benzene rings is 1. The molecular formula is C12H18N2O2. The van der Waals surface area contributed by atoms with Gasteiger partial charge in [0.15, 0.2) is 0 Å². The molecule has 1 aromatic carbocycles. The second-order valence-electron chi connectivity index (χ2n) is 3.70. The van der Waals surface area contributed by atoms with E-state index in [1.807, 2.05) is 25.1 Å². The lowest BCUT2D eigenvalue weighted by Crippen LogP contribution is -2.24. The van der Waals surface area contributed by atoms with Crippen molar-refractivity contribution < 1.29 is 9.53 Å². The Kier molecular flexibility index (Phi) is 5.36. The van der Waals surface area contributed by atoms with E-state index >= 15 is 0 Å². The fourth-order valence-electron chi connectivity index (χ4n) is 1.39. The molecule has 0 radical (unpaired) electrons. The van der Waals surface area contributed by atoms with Crippen LogP contribution in [0.1, 0.15) is 18.9 Å². The monoisotopic (exact) mass is 222 g/mol. The Labute approximate surface area is 95.8 Å². The van der Waals surface area contributed by atoms with E-state index < -0.39 is 6.09 Å². The average molecular weight is 222 g/mol. The highest BCUT2D eigenvalue weighted by atomic mass is 16.6. The zero-order valence-electron chi connectivity index (χ0n) is 9.48. The summed E-state index contributed by atoms with van der Waals surface area (Å²) >= 11 is 0. The van der Waals surface area contributed by atoms with Crippen LogP contribution < -0.4 is 11.1 Å². The van der Waals surface area contributed by atoms with E-state index in [2.05, 4.69) is 17.4 Å². The number of hydrogen-bond donors (Lipinski definition) is 2. The Balaban J connectivity index is 2.10. The summed E-state index contributed by atoms with van der Waals surface area (Å²) in [5, 5.41) is 3.27. The summed E-state index contributed by atoms with van der Waals surface area (Å²) in [5.41, 5.74) is 6.15. The molecule has 1 amide bonds. The predicted molar refractivity (Wildman–Crippen MR) is 62.9 cm³/mol. The van der Waals surface area contributed by atoms with Crippen LogP contribution >= 0.6 is 0 Å². The van der Waals surface area contributed by atoms with Crippen molar-refractivity contribution in [1.82, 2.24) is 5.32 Å². The molecule has 0 saturated carbocycles. The topological polar surface area (TPSA) is 64.3 Å². The van der Waals surface area contributed by atoms with Gasteiger partial charge in [0.25, 0.3) is 0 Å². The summed E-state index contributed by atoms with van der Waals surface area (Å²) in [5.74, 6) is 0. The number of carbonyl (C=O) groups excluding carboxylic acids is 1. The van der Waals surface area contributed by atoms with Crippen molar-refractivity contribution >= 4 is 6.09 Å². The van der Waals surface area contributed by atoms with Crippen LogP contribution in [0.15, 0.2) is 30.3 Å². The van der Waals surface area contributed by atoms with Gasteiger partial charge in [0.2, 0.25) is 0 Å². The van der Waals surface area contributed by atoms with Crippen molar-refractivity contribution in [2.45, 2.75) is 26.0 Å². The fourth-order valence-corrected chi connectivity index (χ4v) is 1.39. The molecule has 4 heteroatoms. The quantitative estimate of drug-likeness (QED) is 0.719. The average Bonchev–Trinajstić information content (AvgIpc) is 2.25. The van der Waals surface area contributed by atoms with Gasteiger partial charge < -0.3 is 15.8 Å². The van der Waals surface area contributed by atoms with Gasteiger partial charge in [-0.3, -0.25) is 0 Å². The summed E-state index contributed by atoms with van der Waals surface area (Å²) in [7, 11) is 0. The minimum Gasteiger partial charge on any atom is -0.447 e. The van der Waals surface area contributed by atoms with Gasteiger partial charge in [-0.25, -0.2) is 4.79 Å². The maximum atomic E-state index is 10.4. The maximum Gasteiger partial charge on any atom is 0.404 e. The second kappa shape index (κ2) is 6.85. The molecule has 0 unspecified atom stereocenters. The van der Waals surface area contributed by atoms with Crippen molar-refractivity contribution in [1.29, 1.82) is 0 Å². The van der Waals surface area contributed by atoms with Gasteiger partial charge in [-0.1, -0.05) is 30.3 Å². The minimum atomic E-state index is -0.712. The Bertz CT molecular complexity index is 314. The molecule has 16 heavy (non-hydrogen) atoms. The van der Waals surface area contributed by atoms with E-state index in [9.17, 15) is 4.79 Å². The molecule has 4 nitrogen and oxygen atoms in total. The maximum absolute atomic E-state index is 10.4. The van der Waals surface area contributed by atoms with Crippen LogP contribution in [0.3, 0.4) is 0 Å². The van der Waals surface area contributed by atoms with Gasteiger partial charge in [-0.05, 0) is 25.5 Å². The van der Waals surface area contributed by atoms with Gasteiger partial charge in [0.1, 0.15) is 6.10 Å². The molecule has 0 aliphatic heterocycles. The summed E-state index contributed by atoms with van der Waals surface area (Å²) < 4.78 is 4.80. The zero-order valence-corrected chi connectivity index (χ0v) is 9.48. The van der Waals surface area contributed by atoms with E-state index in [0.717, 1.165) is 19.5 Å². The highest BCUT2D eigenvalue weighted by Gasteiger charge is 2.04. The van der Waals surface area contributed by atoms with E-state index in [0.29, 0.717) is 0 Å². The minimum absolute atomic E-state index is 0.138. The summed E-state index contributed by atoms with van der Waals surface area (Å²) in [6.07, 6.45) is -0.0909. The van der Waals surface area contributed by atoms with Crippen molar-refractivity contribution in [3.8, 4) is 0 Å². The zero-order chi connectivity index (χ0) is 11.8. The first-order chi connectivity index (χ1) is 7.68. The molecule has 1 atom stereocenters. The van der Waals surface area contributed by atoms with E-state index in [-0.39, 0.29) is 6.10 Å². The largest absolute Gasteiger partial charge is 0.447 e. The van der Waals surface area contributed by atoms with Crippen LogP contribution in [-0.2, 0) is 11.3 Å². The lowest BCUT2D eigenvalue weighted by Gasteiger charge is -2.11. The number of hydrogen-bond acceptors (Lipinski definition) is 3. The standard InChI is InChI=1S/C12H18N2O2/c1-10(16-12(13)15)7-8-14-9-11-5-3-2-4-6-11/h2-6,10,14H,7-9H2,1H3,(H2,13,15)/t10-/m1/s1. The van der Waals surface area contributed by atoms with E-state index in [1.54, 1.807) is 0 Å². The SMILES string of the molecule is C[C@H](CCNCc1ccccc1)OC(N)=O. The van der Waals surface area contributed by atoms with Crippen LogP contribution in [0.2, 0.25) is 0 Å². The van der Waals surface area contributed by atoms with E-state index in [4.69, 9.17) is 10.5 Å². The first-order valence-electron chi connectivity index (χ1n) is 5.39. The third-order valence-corrected chi connectivity index (χ3v) is 2.22. The number of nitrogens with one attached hydrogen (secondary N) is 1. The van der Waals surface area contributed by atoms with E-state index in [1.165, 1.54) is 5.56 Å². The first-order valence-corrected chi connectivity index (χ1v) is 5.39. The Hall–Kier alpha value is -1.55. The summed E-state index contributed by atoms with van der Waals surface area (Å²) in [4.78, 5) is 10.4. The van der Waals surface area contributed by atoms with Gasteiger partial charge in [0.05, 0.1) is 0 Å². The first kappa shape index (κ1) is 12.5. The molecule has 0 aromatic heterocycles. The number of rotatable bonds is 6. The lowest BCUT2D eigenvalue weighted by molar-refractivity contribution is 0.111. The van der Waals surface area contributed by atoms with Gasteiger partial charge in [0, 0.05) is 6.54 Å². The Morgan fingerprint density at radius 3 is 2.75 bits per heavy atom. The van der Waals surface area contributed by atoms with Crippen LogP contribution in [0.4, 0.5) is 4.79 Å². The number of primary amides is 1. The van der Waals surface area contributed by atoms with Crippen molar-refractivity contribution in [3.05, 3.63) is 35.9 Å². The van der Waals surface area contributed by atoms with Gasteiger partial charge >= 0.3 is 6.09 Å². The number of carbonyl (C=O) groups is 1. The summed E-state index contributed by atoms with van der Waals surface area (Å²) in [6, 6.07) is 10.1. The van der Waals surface area contributed by atoms with Crippen LogP contribution in [0.5, 0.6) is 0 Å². The second-order valence-corrected chi connectivity index (χ2v) is 3.70. The third kappa shape index (κ3) is 5.36. The molecule has 0 heterocycles. The predicted octanol–water partition coefficient (Wildman–Crippen LogP) is 1.65. The van der Waals surface area contributed by atoms with Gasteiger partial charge in [-0.2, -0.15) is 0 Å². The molecule has 88 valence electrons. The number of ether oxygens (including phenoxy) is 1. The third-order valence-electron chi connectivity index (χ3n) is 2.22. The lowest BCUT2D eigenvalue weighted by atomic mass is 10.2. The van der Waals surface area contributed by atoms with Gasteiger partial charge in [-0.15, -0.1) is 0 Å². The molecule has 0 spiro atoms. The molecule has 0 aliphatic rings. The van der Waals surface area contributed by atoms with Crippen LogP contribution in [0.25, 0.3) is 0 Å². The molecule has 0 bridgehead atoms. The number of nitrogens with two attached hydrogens (primary N) is 1. The smallest absolute Gasteiger partial charge is 0.404 e. The highest BCUT2D eigenvalue weighted by Crippen LogP contribution is 1.99. The molecule has 1 rings (SSSR count). The molecule has 0 fully saturated rings. The van der Waals surface area contributed by atoms with Crippen molar-refractivity contribution in [2.75, 3.05) is 6.54 Å². The molecule has 0 saturated heterocycles. The molecule has 1 aromatic rings. The Morgan fingerprint density at radius 1 is 1.44 bits per heavy atom. The summed E-state index contributed by atoms with van der Waals surface area (Å²) in [6.45, 7) is 3.45. The van der Waals surface area contributed by atoms with Crippen molar-refractivity contribution in [2.24, 2.45) is 5.73 Å². The normalized spacial score (nSPS) is 12.1. The van der Waals surface area contributed by atoms with Crippen LogP contribution in [-0.4, -0.2) is 18.7 Å². The molecular weight excluding hydrogens is 204 g/mol. The Morgan fingerprint density at radius 2 is 2.12 bits per heavy atom.